The SMILES string of the molecule is CN=C(NCCc1csc(C)n1)NCc1ccnc(OC2CCCC2)c1. The van der Waals surface area contributed by atoms with Crippen LogP contribution in [0.25, 0.3) is 0 Å². The van der Waals surface area contributed by atoms with Gasteiger partial charge in [0.05, 0.1) is 10.7 Å². The molecule has 1 aliphatic rings. The maximum absolute atomic E-state index is 5.97. The van der Waals surface area contributed by atoms with Gasteiger partial charge in [-0.15, -0.1) is 11.3 Å². The molecule has 0 aliphatic heterocycles. The summed E-state index contributed by atoms with van der Waals surface area (Å²) in [4.78, 5) is 13.1. The minimum absolute atomic E-state index is 0.328. The molecular formula is C19H27N5OS. The molecule has 0 saturated heterocycles. The standard InChI is InChI=1S/C19H27N5OS/c1-14-24-16(13-26-14)8-10-22-19(20-2)23-12-15-7-9-21-18(11-15)25-17-5-3-4-6-17/h7,9,11,13,17H,3-6,8,10,12H2,1-2H3,(H2,20,22,23). The van der Waals surface area contributed by atoms with Gasteiger partial charge in [-0.1, -0.05) is 0 Å². The van der Waals surface area contributed by atoms with Crippen LogP contribution in [0.5, 0.6) is 5.88 Å². The lowest BCUT2D eigenvalue weighted by Crippen LogP contribution is -2.37. The maximum atomic E-state index is 5.97. The number of aliphatic imine (C=N–C) groups is 1. The van der Waals surface area contributed by atoms with Crippen LogP contribution in [0.3, 0.4) is 0 Å². The Kier molecular flexibility index (Phi) is 6.82. The molecule has 0 unspecified atom stereocenters. The van der Waals surface area contributed by atoms with Crippen molar-refractivity contribution in [3.05, 3.63) is 40.0 Å². The van der Waals surface area contributed by atoms with Gasteiger partial charge in [0.2, 0.25) is 5.88 Å². The molecule has 26 heavy (non-hydrogen) atoms. The van der Waals surface area contributed by atoms with E-state index in [-0.39, 0.29) is 0 Å². The predicted molar refractivity (Wildman–Crippen MR) is 106 cm³/mol. The summed E-state index contributed by atoms with van der Waals surface area (Å²) in [7, 11) is 1.78. The highest BCUT2D eigenvalue weighted by atomic mass is 32.1. The first-order valence-corrected chi connectivity index (χ1v) is 10.1. The molecule has 0 atom stereocenters. The highest BCUT2D eigenvalue weighted by Gasteiger charge is 2.17. The van der Waals surface area contributed by atoms with Crippen molar-refractivity contribution in [2.45, 2.75) is 51.7 Å². The van der Waals surface area contributed by atoms with Gasteiger partial charge >= 0.3 is 0 Å². The number of thiazole rings is 1. The third-order valence-electron chi connectivity index (χ3n) is 4.41. The smallest absolute Gasteiger partial charge is 0.213 e. The van der Waals surface area contributed by atoms with Crippen LogP contribution in [0, 0.1) is 6.92 Å². The molecule has 1 fully saturated rings. The molecule has 1 saturated carbocycles. The molecule has 6 nitrogen and oxygen atoms in total. The monoisotopic (exact) mass is 373 g/mol. The van der Waals surface area contributed by atoms with Gasteiger partial charge in [0, 0.05) is 44.2 Å². The number of aromatic nitrogens is 2. The first kappa shape index (κ1) is 18.6. The fraction of sp³-hybridized carbons (Fsp3) is 0.526. The van der Waals surface area contributed by atoms with Crippen molar-refractivity contribution in [1.82, 2.24) is 20.6 Å². The minimum atomic E-state index is 0.328. The van der Waals surface area contributed by atoms with Crippen LogP contribution in [-0.4, -0.2) is 35.6 Å². The molecule has 1 aliphatic carbocycles. The number of aryl methyl sites for hydroxylation is 1. The van der Waals surface area contributed by atoms with E-state index >= 15 is 0 Å². The Morgan fingerprint density at radius 3 is 2.92 bits per heavy atom. The topological polar surface area (TPSA) is 71.4 Å². The fourth-order valence-electron chi connectivity index (χ4n) is 3.04. The number of pyridine rings is 1. The van der Waals surface area contributed by atoms with E-state index in [9.17, 15) is 0 Å². The second kappa shape index (κ2) is 9.52. The summed E-state index contributed by atoms with van der Waals surface area (Å²) in [6.45, 7) is 3.51. The van der Waals surface area contributed by atoms with Crippen molar-refractivity contribution in [3.63, 3.8) is 0 Å². The summed E-state index contributed by atoms with van der Waals surface area (Å²) >= 11 is 1.69. The summed E-state index contributed by atoms with van der Waals surface area (Å²) < 4.78 is 5.97. The van der Waals surface area contributed by atoms with Crippen LogP contribution in [0.15, 0.2) is 28.7 Å². The van der Waals surface area contributed by atoms with Crippen molar-refractivity contribution in [2.75, 3.05) is 13.6 Å². The Morgan fingerprint density at radius 1 is 1.35 bits per heavy atom. The highest BCUT2D eigenvalue weighted by Crippen LogP contribution is 2.23. The lowest BCUT2D eigenvalue weighted by molar-refractivity contribution is 0.201. The number of guanidine groups is 1. The Hall–Kier alpha value is -2.15. The lowest BCUT2D eigenvalue weighted by Gasteiger charge is -2.14. The Labute approximate surface area is 159 Å². The van der Waals surface area contributed by atoms with Crippen molar-refractivity contribution in [2.24, 2.45) is 4.99 Å². The molecule has 2 N–H and O–H groups in total. The van der Waals surface area contributed by atoms with E-state index < -0.39 is 0 Å². The average molecular weight is 374 g/mol. The summed E-state index contributed by atoms with van der Waals surface area (Å²) in [5.41, 5.74) is 2.25. The van der Waals surface area contributed by atoms with E-state index in [0.29, 0.717) is 12.6 Å². The summed E-state index contributed by atoms with van der Waals surface area (Å²) in [5, 5.41) is 9.88. The van der Waals surface area contributed by atoms with Crippen molar-refractivity contribution < 1.29 is 4.74 Å². The van der Waals surface area contributed by atoms with Crippen LogP contribution in [0.4, 0.5) is 0 Å². The van der Waals surface area contributed by atoms with Crippen molar-refractivity contribution >= 4 is 17.3 Å². The van der Waals surface area contributed by atoms with Crippen LogP contribution < -0.4 is 15.4 Å². The zero-order valence-electron chi connectivity index (χ0n) is 15.5. The lowest BCUT2D eigenvalue weighted by atomic mass is 10.2. The Morgan fingerprint density at radius 2 is 2.19 bits per heavy atom. The molecule has 0 radical (unpaired) electrons. The predicted octanol–water partition coefficient (Wildman–Crippen LogP) is 3.08. The number of hydrogen-bond donors (Lipinski definition) is 2. The summed E-state index contributed by atoms with van der Waals surface area (Å²) in [5.74, 6) is 1.50. The molecule has 0 bridgehead atoms. The van der Waals surface area contributed by atoms with E-state index in [2.05, 4.69) is 31.0 Å². The molecule has 2 aromatic rings. The molecule has 7 heteroatoms. The van der Waals surface area contributed by atoms with E-state index in [1.807, 2.05) is 25.3 Å². The maximum Gasteiger partial charge on any atom is 0.213 e. The quantitative estimate of drug-likeness (QED) is 0.576. The summed E-state index contributed by atoms with van der Waals surface area (Å²) in [6.07, 6.45) is 7.82. The molecule has 0 aromatic carbocycles. The van der Waals surface area contributed by atoms with Crippen LogP contribution in [-0.2, 0) is 13.0 Å². The van der Waals surface area contributed by atoms with Crippen molar-refractivity contribution in [1.29, 1.82) is 0 Å². The van der Waals surface area contributed by atoms with E-state index in [1.165, 1.54) is 12.8 Å². The minimum Gasteiger partial charge on any atom is -0.474 e. The van der Waals surface area contributed by atoms with E-state index in [1.54, 1.807) is 18.4 Å². The second-order valence-electron chi connectivity index (χ2n) is 6.49. The average Bonchev–Trinajstić information content (AvgIpc) is 3.30. The zero-order valence-corrected chi connectivity index (χ0v) is 16.3. The molecule has 2 heterocycles. The third kappa shape index (κ3) is 5.69. The first-order chi connectivity index (χ1) is 12.7. The summed E-state index contributed by atoms with van der Waals surface area (Å²) in [6, 6.07) is 4.01. The van der Waals surface area contributed by atoms with Crippen LogP contribution in [0.1, 0.15) is 41.9 Å². The normalized spacial score (nSPS) is 15.2. The number of hydrogen-bond acceptors (Lipinski definition) is 5. The highest BCUT2D eigenvalue weighted by molar-refractivity contribution is 7.09. The number of nitrogens with zero attached hydrogens (tertiary/aromatic N) is 3. The van der Waals surface area contributed by atoms with Crippen LogP contribution >= 0.6 is 11.3 Å². The molecule has 140 valence electrons. The molecule has 0 spiro atoms. The number of rotatable bonds is 7. The van der Waals surface area contributed by atoms with Gasteiger partial charge in [-0.05, 0) is 44.2 Å². The van der Waals surface area contributed by atoms with Gasteiger partial charge in [-0.3, -0.25) is 4.99 Å². The van der Waals surface area contributed by atoms with Gasteiger partial charge in [0.25, 0.3) is 0 Å². The van der Waals surface area contributed by atoms with Gasteiger partial charge in [-0.25, -0.2) is 9.97 Å². The van der Waals surface area contributed by atoms with Gasteiger partial charge < -0.3 is 15.4 Å². The van der Waals surface area contributed by atoms with Gasteiger partial charge in [0.1, 0.15) is 6.10 Å². The molecular weight excluding hydrogens is 346 g/mol. The fourth-order valence-corrected chi connectivity index (χ4v) is 3.69. The van der Waals surface area contributed by atoms with Crippen molar-refractivity contribution in [3.8, 4) is 5.88 Å². The number of ether oxygens (including phenoxy) is 1. The molecule has 2 aromatic heterocycles. The van der Waals surface area contributed by atoms with Gasteiger partial charge in [-0.2, -0.15) is 0 Å². The Bertz CT molecular complexity index is 724. The van der Waals surface area contributed by atoms with E-state index in [4.69, 9.17) is 4.74 Å². The van der Waals surface area contributed by atoms with Gasteiger partial charge in [0.15, 0.2) is 5.96 Å². The zero-order chi connectivity index (χ0) is 18.2. The second-order valence-corrected chi connectivity index (χ2v) is 7.55. The molecule has 0 amide bonds. The Balaban J connectivity index is 1.44. The van der Waals surface area contributed by atoms with Crippen LogP contribution in [0.2, 0.25) is 0 Å². The molecule has 3 rings (SSSR count). The number of nitrogens with one attached hydrogen (secondary N) is 2. The first-order valence-electron chi connectivity index (χ1n) is 9.20. The largest absolute Gasteiger partial charge is 0.474 e. The van der Waals surface area contributed by atoms with E-state index in [0.717, 1.165) is 53.9 Å². The third-order valence-corrected chi connectivity index (χ3v) is 5.23.